The lowest BCUT2D eigenvalue weighted by molar-refractivity contribution is -0.214. The van der Waals surface area contributed by atoms with E-state index in [0.29, 0.717) is 43.4 Å². The minimum absolute atomic E-state index is 0.0597. The van der Waals surface area contributed by atoms with Crippen molar-refractivity contribution >= 4 is 5.78 Å². The van der Waals surface area contributed by atoms with Crippen molar-refractivity contribution in [2.75, 3.05) is 26.4 Å². The van der Waals surface area contributed by atoms with Gasteiger partial charge in [-0.1, -0.05) is 19.4 Å². The van der Waals surface area contributed by atoms with E-state index in [1.165, 1.54) is 5.57 Å². The van der Waals surface area contributed by atoms with Crippen LogP contribution in [-0.4, -0.2) is 49.2 Å². The average molecular weight is 419 g/mol. The zero-order chi connectivity index (χ0) is 21.1. The van der Waals surface area contributed by atoms with Crippen molar-refractivity contribution in [1.29, 1.82) is 0 Å². The van der Waals surface area contributed by atoms with Crippen LogP contribution in [0.5, 0.6) is 0 Å². The molecule has 168 valence electrons. The standard InChI is InChI=1S/C25H38O5/c1-23-8-6-17(28-11-10-26)14-16(23)15-20(27)22-18-4-5-21(25(3)29-12-13-30-25)24(18,2)9-7-19(22)23/h15,17-19,21-22,26H,4-14H2,1-3H3. The Hall–Kier alpha value is -0.750. The van der Waals surface area contributed by atoms with Gasteiger partial charge in [0, 0.05) is 11.8 Å². The van der Waals surface area contributed by atoms with Crippen molar-refractivity contribution in [3.8, 4) is 0 Å². The molecule has 5 aliphatic rings. The first-order chi connectivity index (χ1) is 14.3. The lowest BCUT2D eigenvalue weighted by atomic mass is 9.47. The van der Waals surface area contributed by atoms with Crippen LogP contribution in [0.25, 0.3) is 0 Å². The molecule has 5 nitrogen and oxygen atoms in total. The van der Waals surface area contributed by atoms with Gasteiger partial charge in [-0.3, -0.25) is 4.79 Å². The SMILES string of the molecule is CC1(C2CCC3C4C(=O)C=C5CC(OCCO)CCC5(C)C4CCC32C)OCCO1. The Kier molecular flexibility index (Phi) is 5.21. The molecule has 4 fully saturated rings. The van der Waals surface area contributed by atoms with Gasteiger partial charge in [0.15, 0.2) is 11.6 Å². The highest BCUT2D eigenvalue weighted by molar-refractivity contribution is 5.94. The number of rotatable bonds is 4. The number of allylic oxidation sites excluding steroid dienone is 1. The van der Waals surface area contributed by atoms with E-state index in [2.05, 4.69) is 20.8 Å². The Balaban J connectivity index is 1.42. The van der Waals surface area contributed by atoms with Crippen LogP contribution in [-0.2, 0) is 19.0 Å². The molecule has 1 N–H and O–H groups in total. The summed E-state index contributed by atoms with van der Waals surface area (Å²) in [7, 11) is 0. The van der Waals surface area contributed by atoms with Crippen LogP contribution in [0, 0.1) is 34.5 Å². The van der Waals surface area contributed by atoms with Gasteiger partial charge in [0.2, 0.25) is 0 Å². The van der Waals surface area contributed by atoms with Crippen molar-refractivity contribution in [1.82, 2.24) is 0 Å². The molecule has 1 saturated heterocycles. The molecule has 30 heavy (non-hydrogen) atoms. The smallest absolute Gasteiger partial charge is 0.169 e. The van der Waals surface area contributed by atoms with E-state index in [1.54, 1.807) is 0 Å². The molecule has 0 aromatic heterocycles. The van der Waals surface area contributed by atoms with E-state index in [1.807, 2.05) is 6.08 Å². The first kappa shape index (κ1) is 21.1. The van der Waals surface area contributed by atoms with Crippen LogP contribution in [0.15, 0.2) is 11.6 Å². The molecule has 1 aliphatic heterocycles. The molecule has 5 rings (SSSR count). The van der Waals surface area contributed by atoms with Crippen molar-refractivity contribution in [3.63, 3.8) is 0 Å². The number of carbonyl (C=O) groups is 1. The second-order valence-corrected chi connectivity index (χ2v) is 11.1. The third-order valence-corrected chi connectivity index (χ3v) is 9.84. The summed E-state index contributed by atoms with van der Waals surface area (Å²) in [5.41, 5.74) is 1.52. The van der Waals surface area contributed by atoms with E-state index < -0.39 is 5.79 Å². The number of fused-ring (bicyclic) bond motifs is 5. The number of ether oxygens (including phenoxy) is 3. The van der Waals surface area contributed by atoms with Crippen LogP contribution < -0.4 is 0 Å². The van der Waals surface area contributed by atoms with Crippen molar-refractivity contribution in [2.24, 2.45) is 34.5 Å². The number of hydrogen-bond donors (Lipinski definition) is 1. The number of aliphatic hydroxyl groups is 1. The fourth-order valence-corrected chi connectivity index (χ4v) is 8.32. The number of carbonyl (C=O) groups excluding carboxylic acids is 1. The van der Waals surface area contributed by atoms with Gasteiger partial charge in [-0.25, -0.2) is 0 Å². The molecule has 0 radical (unpaired) electrons. The molecule has 0 amide bonds. The van der Waals surface area contributed by atoms with E-state index in [9.17, 15) is 4.79 Å². The van der Waals surface area contributed by atoms with E-state index in [0.717, 1.165) is 44.9 Å². The van der Waals surface area contributed by atoms with E-state index in [4.69, 9.17) is 19.3 Å². The zero-order valence-corrected chi connectivity index (χ0v) is 18.8. The topological polar surface area (TPSA) is 65.0 Å². The van der Waals surface area contributed by atoms with Gasteiger partial charge < -0.3 is 19.3 Å². The normalized spacial score (nSPS) is 47.4. The molecule has 0 aromatic rings. The summed E-state index contributed by atoms with van der Waals surface area (Å²) in [4.78, 5) is 13.5. The summed E-state index contributed by atoms with van der Waals surface area (Å²) in [6.07, 6.45) is 9.57. The summed E-state index contributed by atoms with van der Waals surface area (Å²) in [6.45, 7) is 8.76. The van der Waals surface area contributed by atoms with Gasteiger partial charge in [0.05, 0.1) is 32.5 Å². The maximum absolute atomic E-state index is 13.5. The summed E-state index contributed by atoms with van der Waals surface area (Å²) < 4.78 is 18.0. The van der Waals surface area contributed by atoms with Gasteiger partial charge in [-0.2, -0.15) is 0 Å². The molecule has 1 heterocycles. The molecule has 0 spiro atoms. The Bertz CT molecular complexity index is 725. The quantitative estimate of drug-likeness (QED) is 0.750. The highest BCUT2D eigenvalue weighted by Crippen LogP contribution is 2.67. The average Bonchev–Trinajstić information content (AvgIpc) is 3.31. The first-order valence-electron chi connectivity index (χ1n) is 12.1. The fourth-order valence-electron chi connectivity index (χ4n) is 8.32. The fraction of sp³-hybridized carbons (Fsp3) is 0.880. The molecule has 5 heteroatoms. The minimum atomic E-state index is -0.485. The maximum Gasteiger partial charge on any atom is 0.169 e. The van der Waals surface area contributed by atoms with Crippen LogP contribution in [0.3, 0.4) is 0 Å². The van der Waals surface area contributed by atoms with Gasteiger partial charge in [0.25, 0.3) is 0 Å². The van der Waals surface area contributed by atoms with Gasteiger partial charge in [-0.15, -0.1) is 0 Å². The van der Waals surface area contributed by atoms with Gasteiger partial charge in [-0.05, 0) is 80.6 Å². The molecule has 7 atom stereocenters. The molecule has 0 aromatic carbocycles. The second-order valence-electron chi connectivity index (χ2n) is 11.1. The van der Waals surface area contributed by atoms with Crippen LogP contribution >= 0.6 is 0 Å². The van der Waals surface area contributed by atoms with E-state index in [-0.39, 0.29) is 29.5 Å². The molecule has 3 saturated carbocycles. The largest absolute Gasteiger partial charge is 0.394 e. The second kappa shape index (κ2) is 7.40. The number of ketones is 1. The molecule has 7 unspecified atom stereocenters. The molecule has 4 aliphatic carbocycles. The summed E-state index contributed by atoms with van der Waals surface area (Å²) >= 11 is 0. The summed E-state index contributed by atoms with van der Waals surface area (Å²) in [6, 6.07) is 0. The third-order valence-electron chi connectivity index (χ3n) is 9.84. The van der Waals surface area contributed by atoms with Crippen LogP contribution in [0.1, 0.15) is 65.7 Å². The first-order valence-corrected chi connectivity index (χ1v) is 12.1. The maximum atomic E-state index is 13.5. The lowest BCUT2D eigenvalue weighted by Gasteiger charge is -2.58. The van der Waals surface area contributed by atoms with Crippen LogP contribution in [0.4, 0.5) is 0 Å². The zero-order valence-electron chi connectivity index (χ0n) is 18.8. The Labute approximate surface area is 180 Å². The van der Waals surface area contributed by atoms with Gasteiger partial charge in [0.1, 0.15) is 0 Å². The highest BCUT2D eigenvalue weighted by Gasteiger charge is 2.64. The molecule has 0 bridgehead atoms. The molecular formula is C25H38O5. The highest BCUT2D eigenvalue weighted by atomic mass is 16.7. The van der Waals surface area contributed by atoms with Crippen molar-refractivity contribution in [3.05, 3.63) is 11.6 Å². The lowest BCUT2D eigenvalue weighted by Crippen LogP contribution is -2.55. The molecular weight excluding hydrogens is 380 g/mol. The summed E-state index contributed by atoms with van der Waals surface area (Å²) in [5.74, 6) is 1.25. The van der Waals surface area contributed by atoms with Gasteiger partial charge >= 0.3 is 0 Å². The third kappa shape index (κ3) is 2.99. The van der Waals surface area contributed by atoms with Crippen molar-refractivity contribution < 1.29 is 24.1 Å². The van der Waals surface area contributed by atoms with Crippen molar-refractivity contribution in [2.45, 2.75) is 77.6 Å². The number of hydrogen-bond acceptors (Lipinski definition) is 5. The van der Waals surface area contributed by atoms with E-state index >= 15 is 0 Å². The predicted octanol–water partition coefficient (Wildman–Crippen LogP) is 3.88. The predicted molar refractivity (Wildman–Crippen MR) is 113 cm³/mol. The monoisotopic (exact) mass is 418 g/mol. The Morgan fingerprint density at radius 2 is 1.83 bits per heavy atom. The Morgan fingerprint density at radius 1 is 1.07 bits per heavy atom. The minimum Gasteiger partial charge on any atom is -0.394 e. The summed E-state index contributed by atoms with van der Waals surface area (Å²) in [5, 5.41) is 9.09. The van der Waals surface area contributed by atoms with Crippen LogP contribution in [0.2, 0.25) is 0 Å². The number of aliphatic hydroxyl groups excluding tert-OH is 1. The Morgan fingerprint density at radius 3 is 2.57 bits per heavy atom.